The molecule has 2 heteroatoms. The molecule has 2 aromatic rings. The van der Waals surface area contributed by atoms with Gasteiger partial charge in [0, 0.05) is 0 Å². The molecule has 0 fully saturated rings. The standard InChI is InChI=1S/C16H19N.ClH/c1-13(11-12-17)15-9-5-6-10-16(15)14-7-3-2-4-8-14;/h2-10,13H,11-12,17H2,1H3;1H. The summed E-state index contributed by atoms with van der Waals surface area (Å²) in [6, 6.07) is 19.1. The highest BCUT2D eigenvalue weighted by molar-refractivity contribution is 5.85. The summed E-state index contributed by atoms with van der Waals surface area (Å²) in [5, 5.41) is 0. The Balaban J connectivity index is 0.00000162. The van der Waals surface area contributed by atoms with Crippen molar-refractivity contribution in [2.24, 2.45) is 5.73 Å². The van der Waals surface area contributed by atoms with Gasteiger partial charge in [0.2, 0.25) is 0 Å². The monoisotopic (exact) mass is 261 g/mol. The van der Waals surface area contributed by atoms with Gasteiger partial charge < -0.3 is 5.73 Å². The van der Waals surface area contributed by atoms with Crippen LogP contribution in [0.4, 0.5) is 0 Å². The van der Waals surface area contributed by atoms with E-state index in [1.54, 1.807) is 0 Å². The number of hydrogen-bond donors (Lipinski definition) is 1. The molecule has 0 saturated carbocycles. The topological polar surface area (TPSA) is 26.0 Å². The third kappa shape index (κ3) is 3.34. The highest BCUT2D eigenvalue weighted by Gasteiger charge is 2.10. The van der Waals surface area contributed by atoms with Gasteiger partial charge in [-0.25, -0.2) is 0 Å². The maximum atomic E-state index is 5.66. The van der Waals surface area contributed by atoms with E-state index in [9.17, 15) is 0 Å². The second-order valence-electron chi connectivity index (χ2n) is 4.43. The van der Waals surface area contributed by atoms with E-state index in [2.05, 4.69) is 61.5 Å². The molecule has 0 spiro atoms. The normalized spacial score (nSPS) is 11.7. The van der Waals surface area contributed by atoms with Crippen LogP contribution in [0.2, 0.25) is 0 Å². The van der Waals surface area contributed by atoms with Gasteiger partial charge in [0.05, 0.1) is 0 Å². The Bertz CT molecular complexity index is 468. The quantitative estimate of drug-likeness (QED) is 0.876. The third-order valence-corrected chi connectivity index (χ3v) is 3.18. The van der Waals surface area contributed by atoms with E-state index >= 15 is 0 Å². The summed E-state index contributed by atoms with van der Waals surface area (Å²) >= 11 is 0. The first kappa shape index (κ1) is 14.7. The van der Waals surface area contributed by atoms with Gasteiger partial charge in [-0.05, 0) is 35.6 Å². The van der Waals surface area contributed by atoms with E-state index in [0.717, 1.165) is 13.0 Å². The molecule has 18 heavy (non-hydrogen) atoms. The molecule has 0 radical (unpaired) electrons. The highest BCUT2D eigenvalue weighted by atomic mass is 35.5. The fourth-order valence-electron chi connectivity index (χ4n) is 2.21. The van der Waals surface area contributed by atoms with Gasteiger partial charge in [-0.2, -0.15) is 0 Å². The van der Waals surface area contributed by atoms with Crippen molar-refractivity contribution in [3.63, 3.8) is 0 Å². The van der Waals surface area contributed by atoms with E-state index in [0.29, 0.717) is 5.92 Å². The summed E-state index contributed by atoms with van der Waals surface area (Å²) in [7, 11) is 0. The Morgan fingerprint density at radius 3 is 2.22 bits per heavy atom. The third-order valence-electron chi connectivity index (χ3n) is 3.18. The average molecular weight is 262 g/mol. The van der Waals surface area contributed by atoms with E-state index in [1.807, 2.05) is 0 Å². The van der Waals surface area contributed by atoms with Crippen molar-refractivity contribution in [1.82, 2.24) is 0 Å². The number of benzene rings is 2. The molecule has 1 atom stereocenters. The van der Waals surface area contributed by atoms with Crippen LogP contribution in [0.5, 0.6) is 0 Å². The number of hydrogen-bond acceptors (Lipinski definition) is 1. The van der Waals surface area contributed by atoms with Crippen LogP contribution in [0, 0.1) is 0 Å². The van der Waals surface area contributed by atoms with Crippen molar-refractivity contribution >= 4 is 12.4 Å². The Labute approximate surface area is 115 Å². The highest BCUT2D eigenvalue weighted by Crippen LogP contribution is 2.30. The van der Waals surface area contributed by atoms with Gasteiger partial charge >= 0.3 is 0 Å². The molecule has 2 aromatic carbocycles. The Morgan fingerprint density at radius 1 is 0.944 bits per heavy atom. The van der Waals surface area contributed by atoms with Gasteiger partial charge in [-0.15, -0.1) is 12.4 Å². The van der Waals surface area contributed by atoms with Gasteiger partial charge in [-0.1, -0.05) is 61.5 Å². The van der Waals surface area contributed by atoms with Crippen LogP contribution >= 0.6 is 12.4 Å². The molecule has 0 aliphatic carbocycles. The molecule has 1 nitrogen and oxygen atoms in total. The van der Waals surface area contributed by atoms with Crippen LogP contribution in [-0.2, 0) is 0 Å². The minimum Gasteiger partial charge on any atom is -0.330 e. The Morgan fingerprint density at radius 2 is 1.56 bits per heavy atom. The molecule has 0 aromatic heterocycles. The SMILES string of the molecule is CC(CCN)c1ccccc1-c1ccccc1.Cl. The van der Waals surface area contributed by atoms with Gasteiger partial charge in [0.1, 0.15) is 0 Å². The van der Waals surface area contributed by atoms with Crippen molar-refractivity contribution in [3.8, 4) is 11.1 Å². The van der Waals surface area contributed by atoms with Crippen LogP contribution in [0.3, 0.4) is 0 Å². The second kappa shape index (κ2) is 7.20. The molecular weight excluding hydrogens is 242 g/mol. The number of nitrogens with two attached hydrogens (primary N) is 1. The molecule has 0 amide bonds. The van der Waals surface area contributed by atoms with Gasteiger partial charge in [-0.3, -0.25) is 0 Å². The fourth-order valence-corrected chi connectivity index (χ4v) is 2.21. The average Bonchev–Trinajstić information content (AvgIpc) is 2.40. The molecule has 2 N–H and O–H groups in total. The largest absolute Gasteiger partial charge is 0.330 e. The van der Waals surface area contributed by atoms with Crippen molar-refractivity contribution in [3.05, 3.63) is 60.2 Å². The summed E-state index contributed by atoms with van der Waals surface area (Å²) in [6.45, 7) is 2.99. The maximum Gasteiger partial charge on any atom is -0.00715 e. The lowest BCUT2D eigenvalue weighted by Gasteiger charge is -2.15. The van der Waals surface area contributed by atoms with Crippen LogP contribution in [0.15, 0.2) is 54.6 Å². The fraction of sp³-hybridized carbons (Fsp3) is 0.250. The van der Waals surface area contributed by atoms with Crippen molar-refractivity contribution < 1.29 is 0 Å². The van der Waals surface area contributed by atoms with E-state index < -0.39 is 0 Å². The Hall–Kier alpha value is -1.31. The Kier molecular flexibility index (Phi) is 5.90. The maximum absolute atomic E-state index is 5.66. The van der Waals surface area contributed by atoms with Crippen LogP contribution in [-0.4, -0.2) is 6.54 Å². The van der Waals surface area contributed by atoms with Crippen LogP contribution in [0.25, 0.3) is 11.1 Å². The van der Waals surface area contributed by atoms with Crippen molar-refractivity contribution in [2.75, 3.05) is 6.54 Å². The first-order valence-electron chi connectivity index (χ1n) is 6.17. The lowest BCUT2D eigenvalue weighted by Crippen LogP contribution is -2.05. The smallest absolute Gasteiger partial charge is 0.00715 e. The summed E-state index contributed by atoms with van der Waals surface area (Å²) in [4.78, 5) is 0. The number of rotatable bonds is 4. The zero-order valence-corrected chi connectivity index (χ0v) is 11.5. The summed E-state index contributed by atoms with van der Waals surface area (Å²) in [6.07, 6.45) is 1.03. The van der Waals surface area contributed by atoms with E-state index in [4.69, 9.17) is 5.73 Å². The van der Waals surface area contributed by atoms with Gasteiger partial charge in [0.15, 0.2) is 0 Å². The minimum absolute atomic E-state index is 0. The molecule has 0 heterocycles. The predicted octanol–water partition coefficient (Wildman–Crippen LogP) is 4.23. The summed E-state index contributed by atoms with van der Waals surface area (Å²) in [5.41, 5.74) is 9.66. The van der Waals surface area contributed by atoms with Crippen LogP contribution < -0.4 is 5.73 Å². The van der Waals surface area contributed by atoms with E-state index in [-0.39, 0.29) is 12.4 Å². The lowest BCUT2D eigenvalue weighted by atomic mass is 9.90. The molecule has 1 unspecified atom stereocenters. The molecule has 96 valence electrons. The summed E-state index contributed by atoms with van der Waals surface area (Å²) in [5.74, 6) is 0.511. The van der Waals surface area contributed by atoms with Crippen LogP contribution in [0.1, 0.15) is 24.8 Å². The van der Waals surface area contributed by atoms with Gasteiger partial charge in [0.25, 0.3) is 0 Å². The second-order valence-corrected chi connectivity index (χ2v) is 4.43. The number of halogens is 1. The molecule has 0 aliphatic heterocycles. The molecule has 0 bridgehead atoms. The zero-order valence-electron chi connectivity index (χ0n) is 10.7. The molecule has 2 rings (SSSR count). The summed E-state index contributed by atoms with van der Waals surface area (Å²) < 4.78 is 0. The minimum atomic E-state index is 0. The zero-order chi connectivity index (χ0) is 12.1. The first-order valence-corrected chi connectivity index (χ1v) is 6.17. The van der Waals surface area contributed by atoms with Crippen molar-refractivity contribution in [2.45, 2.75) is 19.3 Å². The molecule has 0 aliphatic rings. The first-order chi connectivity index (χ1) is 8.33. The molecule has 0 saturated heterocycles. The lowest BCUT2D eigenvalue weighted by molar-refractivity contribution is 0.691. The molecular formula is C16H20ClN. The van der Waals surface area contributed by atoms with Crippen molar-refractivity contribution in [1.29, 1.82) is 0 Å². The van der Waals surface area contributed by atoms with E-state index in [1.165, 1.54) is 16.7 Å². The predicted molar refractivity (Wildman–Crippen MR) is 81.2 cm³/mol.